The standard InChI is InChI=1S/C22H33Br3O2/c1-14(2)15-6-8-17-16(12-15)7-9-18-20(3,10-5-11-21(17,18)4)13-27-19(26)22(23,24)25/h12,14-15,17-18H,5-11,13H2,1-4H3. The summed E-state index contributed by atoms with van der Waals surface area (Å²) in [5, 5.41) is 0. The highest BCUT2D eigenvalue weighted by Gasteiger charge is 2.55. The van der Waals surface area contributed by atoms with Gasteiger partial charge in [-0.25, -0.2) is 4.79 Å². The van der Waals surface area contributed by atoms with Crippen LogP contribution in [0.5, 0.6) is 0 Å². The predicted octanol–water partition coefficient (Wildman–Crippen LogP) is 7.58. The van der Waals surface area contributed by atoms with E-state index in [1.807, 2.05) is 0 Å². The third-order valence-electron chi connectivity index (χ3n) is 7.90. The monoisotopic (exact) mass is 566 g/mol. The van der Waals surface area contributed by atoms with Gasteiger partial charge < -0.3 is 4.74 Å². The number of hydrogen-bond acceptors (Lipinski definition) is 2. The average molecular weight is 569 g/mol. The van der Waals surface area contributed by atoms with Crippen molar-refractivity contribution in [2.75, 3.05) is 6.61 Å². The van der Waals surface area contributed by atoms with Crippen LogP contribution in [0, 0.1) is 34.5 Å². The van der Waals surface area contributed by atoms with Gasteiger partial charge in [0, 0.05) is 5.41 Å². The Morgan fingerprint density at radius 1 is 1.22 bits per heavy atom. The van der Waals surface area contributed by atoms with Gasteiger partial charge in [0.1, 0.15) is 0 Å². The molecule has 3 rings (SSSR count). The van der Waals surface area contributed by atoms with Crippen LogP contribution in [0.4, 0.5) is 0 Å². The summed E-state index contributed by atoms with van der Waals surface area (Å²) >= 11 is 9.84. The maximum Gasteiger partial charge on any atom is 0.344 e. The summed E-state index contributed by atoms with van der Waals surface area (Å²) in [6, 6.07) is 0. The summed E-state index contributed by atoms with van der Waals surface area (Å²) in [5.41, 5.74) is 2.15. The van der Waals surface area contributed by atoms with Crippen LogP contribution in [-0.4, -0.2) is 14.7 Å². The van der Waals surface area contributed by atoms with E-state index in [4.69, 9.17) is 4.74 Å². The van der Waals surface area contributed by atoms with Crippen LogP contribution in [0.2, 0.25) is 0 Å². The minimum atomic E-state index is -0.973. The molecule has 2 saturated carbocycles. The molecule has 0 saturated heterocycles. The average Bonchev–Trinajstić information content (AvgIpc) is 2.58. The molecule has 2 nitrogen and oxygen atoms in total. The lowest BCUT2D eigenvalue weighted by Crippen LogP contribution is -2.53. The Hall–Kier alpha value is 0.650. The molecule has 27 heavy (non-hydrogen) atoms. The summed E-state index contributed by atoms with van der Waals surface area (Å²) in [6.45, 7) is 10.1. The minimum Gasteiger partial charge on any atom is -0.463 e. The van der Waals surface area contributed by atoms with Gasteiger partial charge in [0.15, 0.2) is 0 Å². The number of carbonyl (C=O) groups is 1. The molecular weight excluding hydrogens is 536 g/mol. The molecule has 0 bridgehead atoms. The van der Waals surface area contributed by atoms with Crippen molar-refractivity contribution in [1.82, 2.24) is 0 Å². The highest BCUT2D eigenvalue weighted by molar-refractivity contribution is 9.40. The van der Waals surface area contributed by atoms with Gasteiger partial charge in [0.2, 0.25) is 2.14 Å². The molecule has 5 atom stereocenters. The zero-order valence-electron chi connectivity index (χ0n) is 17.0. The third-order valence-corrected chi connectivity index (χ3v) is 8.87. The lowest BCUT2D eigenvalue weighted by molar-refractivity contribution is -0.153. The third kappa shape index (κ3) is 4.40. The smallest absolute Gasteiger partial charge is 0.344 e. The molecule has 0 amide bonds. The number of ether oxygens (including phenoxy) is 1. The molecule has 0 aromatic rings. The fourth-order valence-electron chi connectivity index (χ4n) is 6.46. The molecule has 0 aromatic heterocycles. The molecule has 2 fully saturated rings. The van der Waals surface area contributed by atoms with Crippen molar-refractivity contribution in [1.29, 1.82) is 0 Å². The predicted molar refractivity (Wildman–Crippen MR) is 122 cm³/mol. The van der Waals surface area contributed by atoms with Gasteiger partial charge in [0.05, 0.1) is 6.61 Å². The zero-order valence-corrected chi connectivity index (χ0v) is 21.8. The van der Waals surface area contributed by atoms with Gasteiger partial charge in [0.25, 0.3) is 0 Å². The van der Waals surface area contributed by atoms with Crippen molar-refractivity contribution in [2.45, 2.75) is 74.8 Å². The highest BCUT2D eigenvalue weighted by Crippen LogP contribution is 2.63. The zero-order chi connectivity index (χ0) is 20.0. The van der Waals surface area contributed by atoms with Gasteiger partial charge in [-0.15, -0.1) is 0 Å². The van der Waals surface area contributed by atoms with E-state index >= 15 is 0 Å². The Morgan fingerprint density at radius 2 is 1.93 bits per heavy atom. The van der Waals surface area contributed by atoms with Crippen LogP contribution >= 0.6 is 47.8 Å². The summed E-state index contributed by atoms with van der Waals surface area (Å²) in [6.07, 6.45) is 11.5. The molecule has 3 aliphatic carbocycles. The molecule has 3 aliphatic rings. The van der Waals surface area contributed by atoms with Crippen LogP contribution in [0.3, 0.4) is 0 Å². The molecule has 0 aromatic carbocycles. The van der Waals surface area contributed by atoms with E-state index in [1.54, 1.807) is 5.57 Å². The molecule has 5 unspecified atom stereocenters. The van der Waals surface area contributed by atoms with Crippen molar-refractivity contribution >= 4 is 53.8 Å². The number of alkyl halides is 3. The Balaban J connectivity index is 1.79. The number of hydrogen-bond donors (Lipinski definition) is 0. The molecule has 0 spiro atoms. The first-order valence-electron chi connectivity index (χ1n) is 10.4. The second-order valence-electron chi connectivity index (χ2n) is 9.96. The van der Waals surface area contributed by atoms with Gasteiger partial charge in [-0.1, -0.05) is 45.8 Å². The fraction of sp³-hybridized carbons (Fsp3) is 0.864. The van der Waals surface area contributed by atoms with E-state index < -0.39 is 2.14 Å². The van der Waals surface area contributed by atoms with Crippen molar-refractivity contribution in [3.8, 4) is 0 Å². The molecule has 0 radical (unpaired) electrons. The maximum atomic E-state index is 12.2. The SMILES string of the molecule is CC(C)C1C=C2CCC3C(C)(COC(=O)C(Br)(Br)Br)CCCC3(C)C2CC1. The topological polar surface area (TPSA) is 26.3 Å². The Morgan fingerprint density at radius 3 is 2.56 bits per heavy atom. The lowest BCUT2D eigenvalue weighted by atomic mass is 9.45. The molecule has 0 N–H and O–H groups in total. The first-order valence-corrected chi connectivity index (χ1v) is 12.8. The number of esters is 1. The van der Waals surface area contributed by atoms with E-state index in [-0.39, 0.29) is 11.4 Å². The highest BCUT2D eigenvalue weighted by atomic mass is 80.0. The maximum absolute atomic E-state index is 12.2. The molecular formula is C22H33Br3O2. The van der Waals surface area contributed by atoms with E-state index in [9.17, 15) is 4.79 Å². The van der Waals surface area contributed by atoms with Gasteiger partial charge in [-0.2, -0.15) is 0 Å². The van der Waals surface area contributed by atoms with Crippen molar-refractivity contribution < 1.29 is 9.53 Å². The van der Waals surface area contributed by atoms with Crippen molar-refractivity contribution in [3.05, 3.63) is 11.6 Å². The first-order chi connectivity index (χ1) is 12.5. The Kier molecular flexibility index (Phi) is 6.67. The van der Waals surface area contributed by atoms with E-state index in [0.29, 0.717) is 17.9 Å². The van der Waals surface area contributed by atoms with E-state index in [0.717, 1.165) is 24.2 Å². The number of halogens is 3. The van der Waals surface area contributed by atoms with E-state index in [1.165, 1.54) is 38.5 Å². The van der Waals surface area contributed by atoms with Crippen molar-refractivity contribution in [3.63, 3.8) is 0 Å². The quantitative estimate of drug-likeness (QED) is 0.199. The number of rotatable bonds is 3. The largest absolute Gasteiger partial charge is 0.463 e. The van der Waals surface area contributed by atoms with Gasteiger partial charge in [-0.3, -0.25) is 0 Å². The minimum absolute atomic E-state index is 0.0708. The summed E-state index contributed by atoms with van der Waals surface area (Å²) < 4.78 is 4.76. The summed E-state index contributed by atoms with van der Waals surface area (Å²) in [5.74, 6) is 2.56. The van der Waals surface area contributed by atoms with E-state index in [2.05, 4.69) is 81.6 Å². The second kappa shape index (κ2) is 8.06. The van der Waals surface area contributed by atoms with Crippen LogP contribution in [0.15, 0.2) is 11.6 Å². The van der Waals surface area contributed by atoms with Crippen LogP contribution in [-0.2, 0) is 9.53 Å². The number of fused-ring (bicyclic) bond motifs is 3. The van der Waals surface area contributed by atoms with Gasteiger partial charge >= 0.3 is 5.97 Å². The number of carbonyl (C=O) groups excluding carboxylic acids is 1. The molecule has 0 aliphatic heterocycles. The number of allylic oxidation sites excluding steroid dienone is 2. The molecule has 5 heteroatoms. The summed E-state index contributed by atoms with van der Waals surface area (Å²) in [7, 11) is 0. The first kappa shape index (κ1) is 22.3. The van der Waals surface area contributed by atoms with Crippen molar-refractivity contribution in [2.24, 2.45) is 34.5 Å². The molecule has 0 heterocycles. The molecule has 154 valence electrons. The van der Waals surface area contributed by atoms with Crippen LogP contribution in [0.1, 0.15) is 72.6 Å². The Labute approximate surface area is 190 Å². The normalized spacial score (nSPS) is 39.4. The fourth-order valence-corrected chi connectivity index (χ4v) is 6.81. The van der Waals surface area contributed by atoms with Crippen LogP contribution in [0.25, 0.3) is 0 Å². The second-order valence-corrected chi connectivity index (χ2v) is 16.7. The Bertz CT molecular complexity index is 609. The lowest BCUT2D eigenvalue weighted by Gasteiger charge is -2.59. The van der Waals surface area contributed by atoms with Gasteiger partial charge in [-0.05, 0) is 115 Å². The van der Waals surface area contributed by atoms with Crippen LogP contribution < -0.4 is 0 Å². The summed E-state index contributed by atoms with van der Waals surface area (Å²) in [4.78, 5) is 12.2.